The lowest BCUT2D eigenvalue weighted by Crippen LogP contribution is -1.94. The first-order valence-electron chi connectivity index (χ1n) is 4.79. The number of benzene rings is 1. The van der Waals surface area contributed by atoms with Gasteiger partial charge in [-0.15, -0.1) is 0 Å². The van der Waals surface area contributed by atoms with Gasteiger partial charge in [0, 0.05) is 16.2 Å². The van der Waals surface area contributed by atoms with Gasteiger partial charge < -0.3 is 5.73 Å². The summed E-state index contributed by atoms with van der Waals surface area (Å²) in [6.45, 7) is 0. The lowest BCUT2D eigenvalue weighted by atomic mass is 10.1. The third-order valence-electron chi connectivity index (χ3n) is 2.25. The molecular weight excluding hydrogens is 243 g/mol. The molecule has 2 nitrogen and oxygen atoms in total. The van der Waals surface area contributed by atoms with Crippen molar-refractivity contribution in [3.05, 3.63) is 57.7 Å². The van der Waals surface area contributed by atoms with Crippen LogP contribution >= 0.6 is 23.2 Å². The van der Waals surface area contributed by atoms with Crippen molar-refractivity contribution < 1.29 is 0 Å². The molecule has 0 aliphatic heterocycles. The van der Waals surface area contributed by atoms with Crippen molar-refractivity contribution in [1.29, 1.82) is 0 Å². The standard InChI is InChI=1S/C12H10Cl2N2/c13-10-1-2-11(14)9(7-10)5-8-3-4-16-12(15)6-8/h1-4,6-7H,5H2,(H2,15,16). The van der Waals surface area contributed by atoms with Gasteiger partial charge in [0.1, 0.15) is 5.82 Å². The highest BCUT2D eigenvalue weighted by molar-refractivity contribution is 6.33. The Bertz CT molecular complexity index is 512. The van der Waals surface area contributed by atoms with Gasteiger partial charge in [-0.25, -0.2) is 4.98 Å². The zero-order chi connectivity index (χ0) is 11.5. The van der Waals surface area contributed by atoms with Crippen molar-refractivity contribution in [1.82, 2.24) is 4.98 Å². The zero-order valence-electron chi connectivity index (χ0n) is 8.45. The highest BCUT2D eigenvalue weighted by Crippen LogP contribution is 2.23. The summed E-state index contributed by atoms with van der Waals surface area (Å²) in [6, 6.07) is 9.17. The van der Waals surface area contributed by atoms with Crippen LogP contribution in [0.25, 0.3) is 0 Å². The van der Waals surface area contributed by atoms with Crippen LogP contribution in [0.2, 0.25) is 10.0 Å². The Morgan fingerprint density at radius 3 is 2.69 bits per heavy atom. The number of rotatable bonds is 2. The van der Waals surface area contributed by atoms with Gasteiger partial charge in [-0.3, -0.25) is 0 Å². The monoisotopic (exact) mass is 252 g/mol. The summed E-state index contributed by atoms with van der Waals surface area (Å²) in [7, 11) is 0. The van der Waals surface area contributed by atoms with Gasteiger partial charge in [-0.05, 0) is 47.9 Å². The fourth-order valence-corrected chi connectivity index (χ4v) is 1.88. The first kappa shape index (κ1) is 11.2. The molecule has 2 aromatic rings. The molecule has 82 valence electrons. The quantitative estimate of drug-likeness (QED) is 0.888. The molecule has 0 amide bonds. The second kappa shape index (κ2) is 4.73. The molecular formula is C12H10Cl2N2. The Morgan fingerprint density at radius 2 is 1.94 bits per heavy atom. The Hall–Kier alpha value is -1.25. The largest absolute Gasteiger partial charge is 0.384 e. The summed E-state index contributed by atoms with van der Waals surface area (Å²) in [6.07, 6.45) is 2.38. The minimum Gasteiger partial charge on any atom is -0.384 e. The summed E-state index contributed by atoms with van der Waals surface area (Å²) >= 11 is 12.0. The second-order valence-corrected chi connectivity index (χ2v) is 4.35. The predicted octanol–water partition coefficient (Wildman–Crippen LogP) is 3.56. The Morgan fingerprint density at radius 1 is 1.12 bits per heavy atom. The fourth-order valence-electron chi connectivity index (χ4n) is 1.50. The fraction of sp³-hybridized carbons (Fsp3) is 0.0833. The van der Waals surface area contributed by atoms with Gasteiger partial charge in [0.15, 0.2) is 0 Å². The molecule has 0 bridgehead atoms. The van der Waals surface area contributed by atoms with E-state index in [0.29, 0.717) is 22.3 Å². The van der Waals surface area contributed by atoms with Crippen molar-refractivity contribution in [3.63, 3.8) is 0 Å². The molecule has 2 rings (SSSR count). The van der Waals surface area contributed by atoms with E-state index in [4.69, 9.17) is 28.9 Å². The number of aromatic nitrogens is 1. The van der Waals surface area contributed by atoms with Crippen LogP contribution in [0.5, 0.6) is 0 Å². The maximum Gasteiger partial charge on any atom is 0.123 e. The molecule has 0 radical (unpaired) electrons. The Balaban J connectivity index is 2.30. The minimum atomic E-state index is 0.510. The number of anilines is 1. The highest BCUT2D eigenvalue weighted by Gasteiger charge is 2.03. The first-order chi connectivity index (χ1) is 7.65. The van der Waals surface area contributed by atoms with Crippen LogP contribution < -0.4 is 5.73 Å². The Labute approximate surface area is 104 Å². The molecule has 16 heavy (non-hydrogen) atoms. The maximum absolute atomic E-state index is 6.08. The molecule has 0 saturated carbocycles. The van der Waals surface area contributed by atoms with E-state index in [2.05, 4.69) is 4.98 Å². The van der Waals surface area contributed by atoms with Crippen LogP contribution in [-0.2, 0) is 6.42 Å². The zero-order valence-corrected chi connectivity index (χ0v) is 9.96. The topological polar surface area (TPSA) is 38.9 Å². The van der Waals surface area contributed by atoms with E-state index in [9.17, 15) is 0 Å². The van der Waals surface area contributed by atoms with Crippen molar-refractivity contribution >= 4 is 29.0 Å². The summed E-state index contributed by atoms with van der Waals surface area (Å²) in [4.78, 5) is 3.94. The number of hydrogen-bond acceptors (Lipinski definition) is 2. The van der Waals surface area contributed by atoms with Crippen molar-refractivity contribution in [3.8, 4) is 0 Å². The van der Waals surface area contributed by atoms with Gasteiger partial charge >= 0.3 is 0 Å². The third kappa shape index (κ3) is 2.65. The van der Waals surface area contributed by atoms with E-state index >= 15 is 0 Å². The number of nitrogen functional groups attached to an aromatic ring is 1. The number of nitrogens with two attached hydrogens (primary N) is 1. The van der Waals surface area contributed by atoms with Crippen LogP contribution in [0, 0.1) is 0 Å². The van der Waals surface area contributed by atoms with Gasteiger partial charge in [-0.1, -0.05) is 23.2 Å². The maximum atomic E-state index is 6.08. The van der Waals surface area contributed by atoms with Gasteiger partial charge in [0.2, 0.25) is 0 Å². The molecule has 0 spiro atoms. The van der Waals surface area contributed by atoms with Gasteiger partial charge in [-0.2, -0.15) is 0 Å². The molecule has 0 fully saturated rings. The normalized spacial score (nSPS) is 10.4. The van der Waals surface area contributed by atoms with E-state index in [1.54, 1.807) is 18.3 Å². The van der Waals surface area contributed by atoms with Crippen molar-refractivity contribution in [2.45, 2.75) is 6.42 Å². The molecule has 0 unspecified atom stereocenters. The second-order valence-electron chi connectivity index (χ2n) is 3.50. The number of pyridine rings is 1. The van der Waals surface area contributed by atoms with Gasteiger partial charge in [0.05, 0.1) is 0 Å². The predicted molar refractivity (Wildman–Crippen MR) is 67.9 cm³/mol. The van der Waals surface area contributed by atoms with Gasteiger partial charge in [0.25, 0.3) is 0 Å². The SMILES string of the molecule is Nc1cc(Cc2cc(Cl)ccc2Cl)ccn1. The van der Waals surface area contributed by atoms with Crippen molar-refractivity contribution in [2.75, 3.05) is 5.73 Å². The number of halogens is 2. The minimum absolute atomic E-state index is 0.510. The summed E-state index contributed by atoms with van der Waals surface area (Å²) < 4.78 is 0. The molecule has 0 aliphatic rings. The number of hydrogen-bond donors (Lipinski definition) is 1. The van der Waals surface area contributed by atoms with Crippen LogP contribution in [0.15, 0.2) is 36.5 Å². The van der Waals surface area contributed by atoms with E-state index in [1.807, 2.05) is 18.2 Å². The lowest BCUT2D eigenvalue weighted by Gasteiger charge is -2.05. The molecule has 0 atom stereocenters. The molecule has 1 aromatic heterocycles. The Kier molecular flexibility index (Phi) is 3.32. The van der Waals surface area contributed by atoms with Crippen LogP contribution in [-0.4, -0.2) is 4.98 Å². The lowest BCUT2D eigenvalue weighted by molar-refractivity contribution is 1.17. The average Bonchev–Trinajstić information content (AvgIpc) is 2.24. The molecule has 1 aromatic carbocycles. The van der Waals surface area contributed by atoms with E-state index in [-0.39, 0.29) is 0 Å². The summed E-state index contributed by atoms with van der Waals surface area (Å²) in [5, 5.41) is 1.39. The van der Waals surface area contributed by atoms with Crippen molar-refractivity contribution in [2.24, 2.45) is 0 Å². The average molecular weight is 253 g/mol. The van der Waals surface area contributed by atoms with E-state index < -0.39 is 0 Å². The van der Waals surface area contributed by atoms with E-state index in [1.165, 1.54) is 0 Å². The molecule has 0 saturated heterocycles. The molecule has 0 aliphatic carbocycles. The summed E-state index contributed by atoms with van der Waals surface area (Å²) in [5.41, 5.74) is 7.66. The van der Waals surface area contributed by atoms with Crippen LogP contribution in [0.4, 0.5) is 5.82 Å². The van der Waals surface area contributed by atoms with E-state index in [0.717, 1.165) is 11.1 Å². The molecule has 4 heteroatoms. The number of nitrogens with zero attached hydrogens (tertiary/aromatic N) is 1. The summed E-state index contributed by atoms with van der Waals surface area (Å²) in [5.74, 6) is 0.510. The highest BCUT2D eigenvalue weighted by atomic mass is 35.5. The first-order valence-corrected chi connectivity index (χ1v) is 5.55. The van der Waals surface area contributed by atoms with Crippen LogP contribution in [0.3, 0.4) is 0 Å². The van der Waals surface area contributed by atoms with Crippen LogP contribution in [0.1, 0.15) is 11.1 Å². The molecule has 2 N–H and O–H groups in total. The smallest absolute Gasteiger partial charge is 0.123 e. The molecule has 1 heterocycles. The third-order valence-corrected chi connectivity index (χ3v) is 2.85.